The van der Waals surface area contributed by atoms with Crippen molar-refractivity contribution >= 4 is 27.7 Å². The first-order valence-corrected chi connectivity index (χ1v) is 8.13. The van der Waals surface area contributed by atoms with Crippen LogP contribution >= 0.6 is 27.7 Å². The van der Waals surface area contributed by atoms with E-state index in [4.69, 9.17) is 5.73 Å². The van der Waals surface area contributed by atoms with Gasteiger partial charge in [0.05, 0.1) is 6.04 Å². The van der Waals surface area contributed by atoms with Crippen LogP contribution in [0.3, 0.4) is 0 Å². The molecule has 2 rings (SSSR count). The van der Waals surface area contributed by atoms with Gasteiger partial charge in [0.15, 0.2) is 0 Å². The van der Waals surface area contributed by atoms with Crippen molar-refractivity contribution in [2.45, 2.75) is 30.8 Å². The van der Waals surface area contributed by atoms with E-state index in [1.54, 1.807) is 11.8 Å². The lowest BCUT2D eigenvalue weighted by molar-refractivity contribution is 0.603. The molecule has 1 unspecified atom stereocenters. The monoisotopic (exact) mass is 339 g/mol. The molecule has 0 amide bonds. The Hall–Kier alpha value is -0.780. The molecule has 5 heteroatoms. The van der Waals surface area contributed by atoms with Crippen molar-refractivity contribution < 1.29 is 0 Å². The van der Waals surface area contributed by atoms with Crippen molar-refractivity contribution in [1.29, 1.82) is 0 Å². The topological polar surface area (TPSA) is 43.8 Å². The number of thioether (sulfide) groups is 1. The molecule has 0 fully saturated rings. The summed E-state index contributed by atoms with van der Waals surface area (Å²) >= 11 is 5.20. The Morgan fingerprint density at radius 2 is 2.11 bits per heavy atom. The predicted octanol–water partition coefficient (Wildman–Crippen LogP) is 3.85. The number of hydrogen-bond acceptors (Lipinski definition) is 3. The van der Waals surface area contributed by atoms with Gasteiger partial charge in [0.25, 0.3) is 0 Å². The van der Waals surface area contributed by atoms with Crippen LogP contribution in [-0.4, -0.2) is 15.3 Å². The molecule has 102 valence electrons. The summed E-state index contributed by atoms with van der Waals surface area (Å²) in [6.07, 6.45) is 4.92. The minimum absolute atomic E-state index is 0.0322. The normalized spacial score (nSPS) is 12.6. The number of aryl methyl sites for hydroxylation is 1. The standard InChI is InChI=1S/C14H18BrN3S/c1-2-8-18-9-7-17-14(18)13(16)10-19-12-5-3-11(15)4-6-12/h3-7,9,13H,2,8,10,16H2,1H3. The molecule has 3 nitrogen and oxygen atoms in total. The molecule has 1 aromatic carbocycles. The van der Waals surface area contributed by atoms with E-state index in [0.717, 1.165) is 29.0 Å². The highest BCUT2D eigenvalue weighted by Crippen LogP contribution is 2.24. The molecule has 0 bridgehead atoms. The molecule has 1 atom stereocenters. The molecular weight excluding hydrogens is 322 g/mol. The van der Waals surface area contributed by atoms with Gasteiger partial charge in [-0.1, -0.05) is 22.9 Å². The summed E-state index contributed by atoms with van der Waals surface area (Å²) in [5.41, 5.74) is 6.23. The van der Waals surface area contributed by atoms with Crippen LogP contribution < -0.4 is 5.73 Å². The zero-order valence-electron chi connectivity index (χ0n) is 10.9. The van der Waals surface area contributed by atoms with E-state index in [1.165, 1.54) is 4.90 Å². The molecule has 1 heterocycles. The fourth-order valence-electron chi connectivity index (χ4n) is 1.87. The number of imidazole rings is 1. The predicted molar refractivity (Wildman–Crippen MR) is 84.3 cm³/mol. The lowest BCUT2D eigenvalue weighted by Gasteiger charge is -2.13. The quantitative estimate of drug-likeness (QED) is 0.813. The molecule has 0 aliphatic rings. The van der Waals surface area contributed by atoms with Gasteiger partial charge in [-0.25, -0.2) is 4.98 Å². The second-order valence-electron chi connectivity index (χ2n) is 4.35. The summed E-state index contributed by atoms with van der Waals surface area (Å²) in [6.45, 7) is 3.14. The minimum Gasteiger partial charge on any atom is -0.334 e. The number of nitrogens with two attached hydrogens (primary N) is 1. The fraction of sp³-hybridized carbons (Fsp3) is 0.357. The molecule has 2 aromatic rings. The molecule has 1 aromatic heterocycles. The number of nitrogens with zero attached hydrogens (tertiary/aromatic N) is 2. The van der Waals surface area contributed by atoms with Crippen LogP contribution in [0.25, 0.3) is 0 Å². The largest absolute Gasteiger partial charge is 0.334 e. The third-order valence-electron chi connectivity index (χ3n) is 2.79. The fourth-order valence-corrected chi connectivity index (χ4v) is 2.98. The summed E-state index contributed by atoms with van der Waals surface area (Å²) in [4.78, 5) is 5.61. The van der Waals surface area contributed by atoms with E-state index < -0.39 is 0 Å². The molecule has 0 saturated heterocycles. The van der Waals surface area contributed by atoms with Crippen molar-refractivity contribution in [1.82, 2.24) is 9.55 Å². The van der Waals surface area contributed by atoms with E-state index in [9.17, 15) is 0 Å². The zero-order valence-corrected chi connectivity index (χ0v) is 13.3. The summed E-state index contributed by atoms with van der Waals surface area (Å²) in [5, 5.41) is 0. The van der Waals surface area contributed by atoms with Crippen LogP contribution in [0.5, 0.6) is 0 Å². The summed E-state index contributed by atoms with van der Waals surface area (Å²) in [7, 11) is 0. The average Bonchev–Trinajstić information content (AvgIpc) is 2.86. The molecule has 2 N–H and O–H groups in total. The third-order valence-corrected chi connectivity index (χ3v) is 4.45. The van der Waals surface area contributed by atoms with E-state index in [0.29, 0.717) is 0 Å². The minimum atomic E-state index is -0.0322. The van der Waals surface area contributed by atoms with Gasteiger partial charge < -0.3 is 10.3 Å². The SMILES string of the molecule is CCCn1ccnc1C(N)CSc1ccc(Br)cc1. The number of halogens is 1. The molecular formula is C14H18BrN3S. The van der Waals surface area contributed by atoms with Gasteiger partial charge in [-0.05, 0) is 30.7 Å². The van der Waals surface area contributed by atoms with E-state index in [2.05, 4.69) is 44.5 Å². The number of benzene rings is 1. The van der Waals surface area contributed by atoms with E-state index >= 15 is 0 Å². The maximum atomic E-state index is 6.23. The van der Waals surface area contributed by atoms with Crippen LogP contribution in [-0.2, 0) is 6.54 Å². The molecule has 0 radical (unpaired) electrons. The Labute approximate surface area is 126 Å². The molecule has 0 aliphatic heterocycles. The Balaban J connectivity index is 1.95. The van der Waals surface area contributed by atoms with Crippen molar-refractivity contribution in [3.05, 3.63) is 47.0 Å². The van der Waals surface area contributed by atoms with E-state index in [1.807, 2.05) is 24.5 Å². The lowest BCUT2D eigenvalue weighted by atomic mass is 10.3. The maximum Gasteiger partial charge on any atom is 0.126 e. The van der Waals surface area contributed by atoms with Gasteiger partial charge in [0.2, 0.25) is 0 Å². The lowest BCUT2D eigenvalue weighted by Crippen LogP contribution is -2.18. The summed E-state index contributed by atoms with van der Waals surface area (Å²) < 4.78 is 3.24. The van der Waals surface area contributed by atoms with Gasteiger partial charge in [0, 0.05) is 34.1 Å². The summed E-state index contributed by atoms with van der Waals surface area (Å²) in [6, 6.07) is 8.26. The Kier molecular flexibility index (Phi) is 5.48. The third kappa shape index (κ3) is 4.09. The van der Waals surface area contributed by atoms with Gasteiger partial charge in [0.1, 0.15) is 5.82 Å². The van der Waals surface area contributed by atoms with Crippen LogP contribution in [0.1, 0.15) is 25.2 Å². The number of rotatable bonds is 6. The van der Waals surface area contributed by atoms with Gasteiger partial charge in [-0.3, -0.25) is 0 Å². The number of aromatic nitrogens is 2. The Morgan fingerprint density at radius 3 is 2.79 bits per heavy atom. The summed E-state index contributed by atoms with van der Waals surface area (Å²) in [5.74, 6) is 1.81. The Bertz CT molecular complexity index is 510. The zero-order chi connectivity index (χ0) is 13.7. The van der Waals surface area contributed by atoms with Crippen molar-refractivity contribution in [3.63, 3.8) is 0 Å². The van der Waals surface area contributed by atoms with Gasteiger partial charge in [-0.2, -0.15) is 0 Å². The highest BCUT2D eigenvalue weighted by atomic mass is 79.9. The van der Waals surface area contributed by atoms with E-state index in [-0.39, 0.29) is 6.04 Å². The van der Waals surface area contributed by atoms with Crippen molar-refractivity contribution in [2.24, 2.45) is 5.73 Å². The maximum absolute atomic E-state index is 6.23. The second-order valence-corrected chi connectivity index (χ2v) is 6.36. The van der Waals surface area contributed by atoms with Crippen molar-refractivity contribution in [2.75, 3.05) is 5.75 Å². The molecule has 0 aliphatic carbocycles. The van der Waals surface area contributed by atoms with Gasteiger partial charge >= 0.3 is 0 Å². The van der Waals surface area contributed by atoms with Gasteiger partial charge in [-0.15, -0.1) is 11.8 Å². The van der Waals surface area contributed by atoms with Crippen LogP contribution in [0.15, 0.2) is 46.0 Å². The molecule has 0 spiro atoms. The first kappa shape index (κ1) is 14.6. The number of hydrogen-bond donors (Lipinski definition) is 1. The van der Waals surface area contributed by atoms with Crippen LogP contribution in [0.4, 0.5) is 0 Å². The van der Waals surface area contributed by atoms with Crippen molar-refractivity contribution in [3.8, 4) is 0 Å². The average molecular weight is 340 g/mol. The first-order valence-electron chi connectivity index (χ1n) is 6.35. The second kappa shape index (κ2) is 7.12. The highest BCUT2D eigenvalue weighted by molar-refractivity contribution is 9.10. The highest BCUT2D eigenvalue weighted by Gasteiger charge is 2.12. The molecule has 0 saturated carbocycles. The van der Waals surface area contributed by atoms with Crippen LogP contribution in [0.2, 0.25) is 0 Å². The first-order chi connectivity index (χ1) is 9.20. The van der Waals surface area contributed by atoms with Crippen LogP contribution in [0, 0.1) is 0 Å². The Morgan fingerprint density at radius 1 is 1.37 bits per heavy atom. The smallest absolute Gasteiger partial charge is 0.126 e. The molecule has 19 heavy (non-hydrogen) atoms.